The highest BCUT2D eigenvalue weighted by atomic mass is 35.5. The van der Waals surface area contributed by atoms with Crippen LogP contribution in [0, 0.1) is 0 Å². The van der Waals surface area contributed by atoms with E-state index in [0.29, 0.717) is 6.01 Å². The van der Waals surface area contributed by atoms with Crippen LogP contribution in [-0.4, -0.2) is 22.1 Å². The van der Waals surface area contributed by atoms with E-state index >= 15 is 0 Å². The minimum Gasteiger partial charge on any atom is -1.00 e. The first-order valence-corrected chi connectivity index (χ1v) is 5.93. The second kappa shape index (κ2) is 6.16. The van der Waals surface area contributed by atoms with Gasteiger partial charge in [-0.15, -0.1) is 0 Å². The monoisotopic (exact) mass is 288 g/mol. The zero-order valence-corrected chi connectivity index (χ0v) is 11.6. The minimum absolute atomic E-state index is 0. The fourth-order valence-electron chi connectivity index (χ4n) is 1.81. The SMILES string of the molecule is COc1nn(-c2ccccc2)[n+](-c2ccccc2)n1.[Cl-]. The summed E-state index contributed by atoms with van der Waals surface area (Å²) in [7, 11) is 1.56. The first-order chi connectivity index (χ1) is 9.38. The number of hydrogen-bond acceptors (Lipinski definition) is 3. The Hall–Kier alpha value is -2.40. The van der Waals surface area contributed by atoms with Crippen molar-refractivity contribution in [2.45, 2.75) is 0 Å². The molecule has 0 bridgehead atoms. The molecule has 20 heavy (non-hydrogen) atoms. The van der Waals surface area contributed by atoms with E-state index in [2.05, 4.69) is 10.2 Å². The van der Waals surface area contributed by atoms with Crippen molar-refractivity contribution in [2.24, 2.45) is 0 Å². The topological polar surface area (TPSA) is 43.8 Å². The molecule has 0 amide bonds. The van der Waals surface area contributed by atoms with Gasteiger partial charge >= 0.3 is 6.01 Å². The Kier molecular flexibility index (Phi) is 4.32. The van der Waals surface area contributed by atoms with Crippen molar-refractivity contribution in [3.05, 3.63) is 60.7 Å². The van der Waals surface area contributed by atoms with Gasteiger partial charge in [-0.25, -0.2) is 0 Å². The molecule has 3 rings (SSSR count). The molecule has 6 heteroatoms. The molecule has 0 fully saturated rings. The van der Waals surface area contributed by atoms with Crippen LogP contribution >= 0.6 is 0 Å². The van der Waals surface area contributed by atoms with E-state index in [1.165, 1.54) is 0 Å². The van der Waals surface area contributed by atoms with E-state index in [0.717, 1.165) is 11.4 Å². The Labute approximate surface area is 122 Å². The molecule has 1 heterocycles. The molecule has 0 saturated carbocycles. The lowest BCUT2D eigenvalue weighted by molar-refractivity contribution is -0.735. The maximum Gasteiger partial charge on any atom is 0.495 e. The van der Waals surface area contributed by atoms with Crippen molar-refractivity contribution in [3.8, 4) is 17.4 Å². The van der Waals surface area contributed by atoms with Gasteiger partial charge in [0.05, 0.1) is 7.11 Å². The highest BCUT2D eigenvalue weighted by Crippen LogP contribution is 2.07. The van der Waals surface area contributed by atoms with Crippen molar-refractivity contribution in [1.29, 1.82) is 0 Å². The molecule has 2 aromatic carbocycles. The lowest BCUT2D eigenvalue weighted by Crippen LogP contribution is -3.00. The molecule has 0 radical (unpaired) electrons. The van der Waals surface area contributed by atoms with Gasteiger partial charge in [0.15, 0.2) is 5.69 Å². The number of hydrogen-bond donors (Lipinski definition) is 0. The number of benzene rings is 2. The summed E-state index contributed by atoms with van der Waals surface area (Å²) in [4.78, 5) is 3.41. The van der Waals surface area contributed by atoms with Crippen molar-refractivity contribution in [3.63, 3.8) is 0 Å². The zero-order chi connectivity index (χ0) is 13.1. The first-order valence-electron chi connectivity index (χ1n) is 5.93. The molecule has 102 valence electrons. The van der Waals surface area contributed by atoms with E-state index in [9.17, 15) is 0 Å². The van der Waals surface area contributed by atoms with Gasteiger partial charge in [0.2, 0.25) is 0 Å². The van der Waals surface area contributed by atoms with Crippen LogP contribution in [0.1, 0.15) is 0 Å². The molecule has 0 aliphatic carbocycles. The normalized spacial score (nSPS) is 9.85. The summed E-state index contributed by atoms with van der Waals surface area (Å²) in [5.74, 6) is 0. The second-order valence-electron chi connectivity index (χ2n) is 3.94. The number of para-hydroxylation sites is 2. The Morgan fingerprint density at radius 1 is 0.950 bits per heavy atom. The standard InChI is InChI=1S/C14H13N4O.ClH/c1-19-14-15-17(12-8-4-2-5-9-12)18(16-14)13-10-6-3-7-11-13;/h2-11H,1H3;1H/q+1;/p-1. The molecule has 0 N–H and O–H groups in total. The predicted octanol–water partition coefficient (Wildman–Crippen LogP) is -1.44. The summed E-state index contributed by atoms with van der Waals surface area (Å²) in [6, 6.07) is 19.9. The van der Waals surface area contributed by atoms with Gasteiger partial charge in [-0.2, -0.15) is 0 Å². The molecule has 0 spiro atoms. The molecule has 0 unspecified atom stereocenters. The third kappa shape index (κ3) is 2.62. The van der Waals surface area contributed by atoms with Gasteiger partial charge in [0.25, 0.3) is 0 Å². The molecule has 1 aromatic heterocycles. The third-order valence-electron chi connectivity index (χ3n) is 2.70. The summed E-state index contributed by atoms with van der Waals surface area (Å²) in [5.41, 5.74) is 1.84. The molecule has 0 atom stereocenters. The summed E-state index contributed by atoms with van der Waals surface area (Å²) >= 11 is 0. The molecule has 0 saturated heterocycles. The number of ether oxygens (including phenoxy) is 1. The summed E-state index contributed by atoms with van der Waals surface area (Å²) in [6.07, 6.45) is 0. The van der Waals surface area contributed by atoms with Crippen LogP contribution in [0.4, 0.5) is 0 Å². The maximum absolute atomic E-state index is 5.11. The van der Waals surface area contributed by atoms with E-state index in [1.807, 2.05) is 60.7 Å². The van der Waals surface area contributed by atoms with Crippen molar-refractivity contribution in [1.82, 2.24) is 15.0 Å². The third-order valence-corrected chi connectivity index (χ3v) is 2.70. The number of nitrogens with zero attached hydrogens (tertiary/aromatic N) is 4. The van der Waals surface area contributed by atoms with E-state index in [4.69, 9.17) is 4.74 Å². The predicted molar refractivity (Wildman–Crippen MR) is 69.4 cm³/mol. The molecular formula is C14H13ClN4O. The Bertz CT molecular complexity index is 613. The molecule has 0 aliphatic rings. The summed E-state index contributed by atoms with van der Waals surface area (Å²) in [6.45, 7) is 0. The van der Waals surface area contributed by atoms with Gasteiger partial charge in [-0.05, 0) is 29.1 Å². The highest BCUT2D eigenvalue weighted by molar-refractivity contribution is 5.28. The Morgan fingerprint density at radius 3 is 2.15 bits per heavy atom. The van der Waals surface area contributed by atoms with Crippen LogP contribution in [0.25, 0.3) is 11.4 Å². The lowest BCUT2D eigenvalue weighted by Gasteiger charge is -1.98. The number of tetrazole rings is 1. The van der Waals surface area contributed by atoms with Gasteiger partial charge in [-0.1, -0.05) is 36.4 Å². The van der Waals surface area contributed by atoms with Crippen LogP contribution < -0.4 is 21.9 Å². The van der Waals surface area contributed by atoms with Crippen LogP contribution in [0.2, 0.25) is 0 Å². The minimum atomic E-state index is 0. The number of methoxy groups -OCH3 is 1. The number of halogens is 1. The summed E-state index contributed by atoms with van der Waals surface area (Å²) < 4.78 is 5.11. The number of rotatable bonds is 3. The summed E-state index contributed by atoms with van der Waals surface area (Å²) in [5, 5.41) is 8.64. The number of aromatic nitrogens is 4. The highest BCUT2D eigenvalue weighted by Gasteiger charge is 2.21. The van der Waals surface area contributed by atoms with E-state index < -0.39 is 0 Å². The maximum atomic E-state index is 5.11. The van der Waals surface area contributed by atoms with Crippen molar-refractivity contribution < 1.29 is 21.9 Å². The van der Waals surface area contributed by atoms with Crippen molar-refractivity contribution >= 4 is 0 Å². The van der Waals surface area contributed by atoms with Crippen LogP contribution in [0.5, 0.6) is 6.01 Å². The van der Waals surface area contributed by atoms with Gasteiger partial charge in [0.1, 0.15) is 10.8 Å². The molecule has 0 aliphatic heterocycles. The smallest absolute Gasteiger partial charge is 0.495 e. The zero-order valence-electron chi connectivity index (χ0n) is 10.8. The molecule has 3 aromatic rings. The van der Waals surface area contributed by atoms with Crippen LogP contribution in [-0.2, 0) is 0 Å². The van der Waals surface area contributed by atoms with E-state index in [1.54, 1.807) is 16.7 Å². The fourth-order valence-corrected chi connectivity index (χ4v) is 1.81. The first kappa shape index (κ1) is 14.0. The van der Waals surface area contributed by atoms with Crippen LogP contribution in [0.3, 0.4) is 0 Å². The quantitative estimate of drug-likeness (QED) is 0.554. The average molecular weight is 289 g/mol. The molecule has 5 nitrogen and oxygen atoms in total. The Balaban J connectivity index is 0.00000147. The largest absolute Gasteiger partial charge is 1.00 e. The molecular weight excluding hydrogens is 276 g/mol. The lowest BCUT2D eigenvalue weighted by atomic mass is 10.3. The van der Waals surface area contributed by atoms with Gasteiger partial charge in [0, 0.05) is 9.90 Å². The van der Waals surface area contributed by atoms with Crippen LogP contribution in [0.15, 0.2) is 60.7 Å². The second-order valence-corrected chi connectivity index (χ2v) is 3.94. The van der Waals surface area contributed by atoms with E-state index in [-0.39, 0.29) is 12.4 Å². The van der Waals surface area contributed by atoms with Gasteiger partial charge < -0.3 is 17.1 Å². The van der Waals surface area contributed by atoms with Crippen molar-refractivity contribution in [2.75, 3.05) is 7.11 Å². The average Bonchev–Trinajstić information content (AvgIpc) is 2.93. The van der Waals surface area contributed by atoms with Gasteiger partial charge in [-0.3, -0.25) is 0 Å². The fraction of sp³-hybridized carbons (Fsp3) is 0.0714. The Morgan fingerprint density at radius 2 is 1.55 bits per heavy atom.